The highest BCUT2D eigenvalue weighted by Crippen LogP contribution is 2.34. The van der Waals surface area contributed by atoms with Crippen LogP contribution in [-0.4, -0.2) is 29.2 Å². The van der Waals surface area contributed by atoms with E-state index in [0.29, 0.717) is 0 Å². The summed E-state index contributed by atoms with van der Waals surface area (Å²) in [5.74, 6) is 0.552. The van der Waals surface area contributed by atoms with Crippen molar-refractivity contribution in [2.45, 2.75) is 31.7 Å². The van der Waals surface area contributed by atoms with Crippen LogP contribution in [0.15, 0.2) is 17.5 Å². The van der Waals surface area contributed by atoms with Crippen LogP contribution in [0.3, 0.4) is 0 Å². The number of Topliss-reactive ketones (excluding diaryl/α,β-unsaturated/α-hetero) is 1. The van der Waals surface area contributed by atoms with Crippen LogP contribution in [0.2, 0.25) is 0 Å². The summed E-state index contributed by atoms with van der Waals surface area (Å²) in [6, 6.07) is 3.55. The van der Waals surface area contributed by atoms with Gasteiger partial charge in [-0.1, -0.05) is 6.07 Å². The molecular formula is C13H15NO2S. The molecule has 0 radical (unpaired) electrons. The zero-order valence-corrected chi connectivity index (χ0v) is 10.4. The molecular weight excluding hydrogens is 234 g/mol. The molecule has 3 nitrogen and oxygen atoms in total. The number of carbonyl (C=O) groups is 2. The summed E-state index contributed by atoms with van der Waals surface area (Å²) >= 11 is 1.47. The van der Waals surface area contributed by atoms with Crippen LogP contribution < -0.4 is 0 Å². The zero-order valence-electron chi connectivity index (χ0n) is 9.59. The van der Waals surface area contributed by atoms with E-state index in [1.807, 2.05) is 22.4 Å². The minimum atomic E-state index is -0.193. The molecule has 1 saturated carbocycles. The maximum Gasteiger partial charge on any atom is 0.226 e. The van der Waals surface area contributed by atoms with Gasteiger partial charge in [0, 0.05) is 12.5 Å². The van der Waals surface area contributed by atoms with Crippen molar-refractivity contribution in [3.8, 4) is 0 Å². The molecule has 90 valence electrons. The lowest BCUT2D eigenvalue weighted by molar-refractivity contribution is -0.132. The van der Waals surface area contributed by atoms with E-state index in [-0.39, 0.29) is 23.7 Å². The predicted molar refractivity (Wildman–Crippen MR) is 66.1 cm³/mol. The molecule has 0 N–H and O–H groups in total. The summed E-state index contributed by atoms with van der Waals surface area (Å²) in [5.41, 5.74) is 0. The third-order valence-electron chi connectivity index (χ3n) is 3.53. The van der Waals surface area contributed by atoms with Gasteiger partial charge < -0.3 is 4.90 Å². The molecule has 4 heteroatoms. The molecule has 1 aliphatic heterocycles. The fourth-order valence-corrected chi connectivity index (χ4v) is 3.16. The molecule has 1 aromatic rings. The molecule has 0 bridgehead atoms. The van der Waals surface area contributed by atoms with Crippen LogP contribution >= 0.6 is 11.3 Å². The lowest BCUT2D eigenvalue weighted by Gasteiger charge is -2.23. The van der Waals surface area contributed by atoms with Gasteiger partial charge in [-0.2, -0.15) is 0 Å². The number of hydrogen-bond acceptors (Lipinski definition) is 3. The first-order valence-corrected chi connectivity index (χ1v) is 7.03. The smallest absolute Gasteiger partial charge is 0.226 e. The molecule has 1 aliphatic carbocycles. The van der Waals surface area contributed by atoms with E-state index >= 15 is 0 Å². The first kappa shape index (κ1) is 11.0. The van der Waals surface area contributed by atoms with Gasteiger partial charge in [-0.05, 0) is 37.1 Å². The second kappa shape index (κ2) is 4.26. The Morgan fingerprint density at radius 1 is 1.29 bits per heavy atom. The van der Waals surface area contributed by atoms with Crippen LogP contribution in [0.5, 0.6) is 0 Å². The van der Waals surface area contributed by atoms with Crippen LogP contribution in [-0.2, 0) is 4.79 Å². The SMILES string of the molecule is O=C(c1cccs1)C1CCCN1C(=O)C1CC1. The van der Waals surface area contributed by atoms with E-state index in [4.69, 9.17) is 0 Å². The van der Waals surface area contributed by atoms with Crippen molar-refractivity contribution in [3.63, 3.8) is 0 Å². The van der Waals surface area contributed by atoms with E-state index in [0.717, 1.165) is 37.1 Å². The summed E-state index contributed by atoms with van der Waals surface area (Å²) in [4.78, 5) is 27.0. The highest BCUT2D eigenvalue weighted by Gasteiger charge is 2.41. The monoisotopic (exact) mass is 249 g/mol. The fraction of sp³-hybridized carbons (Fsp3) is 0.538. The van der Waals surface area contributed by atoms with Crippen molar-refractivity contribution in [2.24, 2.45) is 5.92 Å². The summed E-state index contributed by atoms with van der Waals surface area (Å²) in [6.45, 7) is 0.761. The van der Waals surface area contributed by atoms with E-state index in [2.05, 4.69) is 0 Å². The largest absolute Gasteiger partial charge is 0.332 e. The Labute approximate surface area is 104 Å². The molecule has 2 aliphatic rings. The van der Waals surface area contributed by atoms with Crippen molar-refractivity contribution < 1.29 is 9.59 Å². The van der Waals surface area contributed by atoms with Crippen molar-refractivity contribution >= 4 is 23.0 Å². The molecule has 1 atom stereocenters. The lowest BCUT2D eigenvalue weighted by Crippen LogP contribution is -2.41. The first-order valence-electron chi connectivity index (χ1n) is 6.15. The van der Waals surface area contributed by atoms with E-state index in [9.17, 15) is 9.59 Å². The van der Waals surface area contributed by atoms with Crippen LogP contribution in [0.25, 0.3) is 0 Å². The number of thiophene rings is 1. The second-order valence-electron chi connectivity index (χ2n) is 4.81. The molecule has 2 heterocycles. The number of ketones is 1. The Balaban J connectivity index is 1.77. The molecule has 3 rings (SSSR count). The number of nitrogens with zero attached hydrogens (tertiary/aromatic N) is 1. The average molecular weight is 249 g/mol. The molecule has 2 fully saturated rings. The second-order valence-corrected chi connectivity index (χ2v) is 5.75. The molecule has 0 aromatic carbocycles. The van der Waals surface area contributed by atoms with Gasteiger partial charge in [0.2, 0.25) is 5.91 Å². The number of rotatable bonds is 3. The van der Waals surface area contributed by atoms with Gasteiger partial charge in [-0.3, -0.25) is 9.59 Å². The highest BCUT2D eigenvalue weighted by atomic mass is 32.1. The Morgan fingerprint density at radius 3 is 2.76 bits per heavy atom. The van der Waals surface area contributed by atoms with Gasteiger partial charge in [0.05, 0.1) is 10.9 Å². The number of hydrogen-bond donors (Lipinski definition) is 0. The normalized spacial score (nSPS) is 24.0. The van der Waals surface area contributed by atoms with Crippen molar-refractivity contribution in [1.82, 2.24) is 4.90 Å². The topological polar surface area (TPSA) is 37.4 Å². The lowest BCUT2D eigenvalue weighted by atomic mass is 10.1. The maximum absolute atomic E-state index is 12.3. The zero-order chi connectivity index (χ0) is 11.8. The number of likely N-dealkylation sites (tertiary alicyclic amines) is 1. The summed E-state index contributed by atoms with van der Waals surface area (Å²) in [6.07, 6.45) is 3.81. The van der Waals surface area contributed by atoms with Gasteiger partial charge in [0.25, 0.3) is 0 Å². The quantitative estimate of drug-likeness (QED) is 0.771. The number of amides is 1. The molecule has 1 amide bonds. The van der Waals surface area contributed by atoms with Gasteiger partial charge in [-0.15, -0.1) is 11.3 Å². The molecule has 17 heavy (non-hydrogen) atoms. The molecule has 0 spiro atoms. The number of carbonyl (C=O) groups excluding carboxylic acids is 2. The van der Waals surface area contributed by atoms with Gasteiger partial charge >= 0.3 is 0 Å². The third kappa shape index (κ3) is 2.02. The van der Waals surface area contributed by atoms with Crippen molar-refractivity contribution in [3.05, 3.63) is 22.4 Å². The Morgan fingerprint density at radius 2 is 2.12 bits per heavy atom. The Bertz CT molecular complexity index is 436. The standard InChI is InChI=1S/C13H15NO2S/c15-12(11-4-2-8-17-11)10-3-1-7-14(10)13(16)9-5-6-9/h2,4,8-10H,1,3,5-7H2. The van der Waals surface area contributed by atoms with Crippen LogP contribution in [0.4, 0.5) is 0 Å². The third-order valence-corrected chi connectivity index (χ3v) is 4.41. The summed E-state index contributed by atoms with van der Waals surface area (Å²) < 4.78 is 0. The van der Waals surface area contributed by atoms with Gasteiger partial charge in [0.1, 0.15) is 0 Å². The van der Waals surface area contributed by atoms with Crippen LogP contribution in [0.1, 0.15) is 35.4 Å². The van der Waals surface area contributed by atoms with E-state index in [1.54, 1.807) is 0 Å². The molecule has 1 unspecified atom stereocenters. The van der Waals surface area contributed by atoms with Gasteiger partial charge in [0.15, 0.2) is 5.78 Å². The first-order chi connectivity index (χ1) is 8.27. The van der Waals surface area contributed by atoms with Crippen molar-refractivity contribution in [1.29, 1.82) is 0 Å². The Hall–Kier alpha value is -1.16. The maximum atomic E-state index is 12.3. The summed E-state index contributed by atoms with van der Waals surface area (Å²) in [5, 5.41) is 1.91. The van der Waals surface area contributed by atoms with Crippen molar-refractivity contribution in [2.75, 3.05) is 6.54 Å². The summed E-state index contributed by atoms with van der Waals surface area (Å²) in [7, 11) is 0. The van der Waals surface area contributed by atoms with Crippen LogP contribution in [0, 0.1) is 5.92 Å². The fourth-order valence-electron chi connectivity index (χ4n) is 2.45. The Kier molecular flexibility index (Phi) is 2.74. The van der Waals surface area contributed by atoms with E-state index < -0.39 is 0 Å². The van der Waals surface area contributed by atoms with Gasteiger partial charge in [-0.25, -0.2) is 0 Å². The molecule has 1 aromatic heterocycles. The average Bonchev–Trinajstić information content (AvgIpc) is 2.86. The molecule has 1 saturated heterocycles. The van der Waals surface area contributed by atoms with E-state index in [1.165, 1.54) is 11.3 Å². The minimum absolute atomic E-state index is 0.131. The highest BCUT2D eigenvalue weighted by molar-refractivity contribution is 7.12. The minimum Gasteiger partial charge on any atom is -0.332 e. The predicted octanol–water partition coefficient (Wildman–Crippen LogP) is 2.33.